The predicted molar refractivity (Wildman–Crippen MR) is 79.2 cm³/mol. The molecule has 2 rings (SSSR count). The lowest BCUT2D eigenvalue weighted by Gasteiger charge is -2.06. The lowest BCUT2D eigenvalue weighted by Crippen LogP contribution is -2.13. The maximum Gasteiger partial charge on any atom is 0.101 e. The Kier molecular flexibility index (Phi) is 5.13. The second-order valence-electron chi connectivity index (χ2n) is 5.37. The molecule has 2 heteroatoms. The van der Waals surface area contributed by atoms with Gasteiger partial charge < -0.3 is 4.74 Å². The third-order valence-corrected chi connectivity index (χ3v) is 4.95. The quantitative estimate of drug-likeness (QED) is 0.376. The normalized spacial score (nSPS) is 26.2. The average molecular weight is 264 g/mol. The van der Waals surface area contributed by atoms with Gasteiger partial charge in [0.25, 0.3) is 0 Å². The zero-order valence-electron chi connectivity index (χ0n) is 11.5. The van der Waals surface area contributed by atoms with Crippen LogP contribution < -0.4 is 0 Å². The van der Waals surface area contributed by atoms with Crippen molar-refractivity contribution in [1.82, 2.24) is 0 Å². The molecule has 0 amide bonds. The van der Waals surface area contributed by atoms with E-state index in [1.54, 1.807) is 0 Å². The van der Waals surface area contributed by atoms with Gasteiger partial charge in [0.1, 0.15) is 5.60 Å². The highest BCUT2D eigenvalue weighted by atomic mass is 32.2. The highest BCUT2D eigenvalue weighted by molar-refractivity contribution is 7.99. The molecule has 100 valence electrons. The largest absolute Gasteiger partial charge is 0.365 e. The number of hydrogen-bond donors (Lipinski definition) is 0. The Balaban J connectivity index is 1.65. The summed E-state index contributed by atoms with van der Waals surface area (Å²) in [5.41, 5.74) is 0.132. The fourth-order valence-corrected chi connectivity index (χ4v) is 3.34. The van der Waals surface area contributed by atoms with Gasteiger partial charge in [-0.1, -0.05) is 50.8 Å². The lowest BCUT2D eigenvalue weighted by molar-refractivity contribution is 0.321. The Labute approximate surface area is 115 Å². The average Bonchev–Trinajstić information content (AvgIpc) is 3.05. The predicted octanol–water partition coefficient (Wildman–Crippen LogP) is 4.91. The summed E-state index contributed by atoms with van der Waals surface area (Å²) in [6.45, 7) is 4.52. The molecule has 1 aliphatic heterocycles. The number of epoxide rings is 1. The molecule has 1 nitrogen and oxygen atoms in total. The first-order chi connectivity index (χ1) is 8.74. The van der Waals surface area contributed by atoms with Gasteiger partial charge in [-0.3, -0.25) is 0 Å². The van der Waals surface area contributed by atoms with E-state index in [1.165, 1.54) is 37.0 Å². The monoisotopic (exact) mass is 264 g/mol. The van der Waals surface area contributed by atoms with E-state index < -0.39 is 0 Å². The van der Waals surface area contributed by atoms with E-state index in [-0.39, 0.29) is 5.60 Å². The van der Waals surface area contributed by atoms with Crippen molar-refractivity contribution < 1.29 is 4.74 Å². The molecule has 0 saturated carbocycles. The fraction of sp³-hybridized carbons (Fsp3) is 0.625. The van der Waals surface area contributed by atoms with Crippen LogP contribution in [0.2, 0.25) is 0 Å². The molecule has 0 aliphatic carbocycles. The first-order valence-corrected chi connectivity index (χ1v) is 8.09. The van der Waals surface area contributed by atoms with Crippen molar-refractivity contribution in [2.45, 2.75) is 62.6 Å². The number of thioether (sulfide) groups is 1. The van der Waals surface area contributed by atoms with E-state index in [2.05, 4.69) is 44.2 Å². The summed E-state index contributed by atoms with van der Waals surface area (Å²) < 4.78 is 5.89. The zero-order chi connectivity index (χ0) is 12.8. The second-order valence-corrected chi connectivity index (χ2v) is 6.42. The van der Waals surface area contributed by atoms with Crippen LogP contribution in [0.4, 0.5) is 0 Å². The van der Waals surface area contributed by atoms with Crippen molar-refractivity contribution in [2.75, 3.05) is 5.75 Å². The summed E-state index contributed by atoms with van der Waals surface area (Å²) in [5, 5.41) is 0. The summed E-state index contributed by atoms with van der Waals surface area (Å²) >= 11 is 1.91. The van der Waals surface area contributed by atoms with Crippen molar-refractivity contribution >= 4 is 11.8 Å². The van der Waals surface area contributed by atoms with Crippen LogP contribution in [0.5, 0.6) is 0 Å². The Bertz CT molecular complexity index is 351. The minimum absolute atomic E-state index is 0.132. The Morgan fingerprint density at radius 3 is 2.67 bits per heavy atom. The smallest absolute Gasteiger partial charge is 0.101 e. The Hall–Kier alpha value is -0.470. The maximum atomic E-state index is 5.89. The number of benzene rings is 1. The van der Waals surface area contributed by atoms with Crippen LogP contribution in [0.15, 0.2) is 35.2 Å². The third kappa shape index (κ3) is 4.03. The molecule has 0 spiro atoms. The highest BCUT2D eigenvalue weighted by Gasteiger charge is 2.51. The van der Waals surface area contributed by atoms with E-state index in [0.717, 1.165) is 5.75 Å². The van der Waals surface area contributed by atoms with Crippen molar-refractivity contribution in [1.29, 1.82) is 0 Å². The number of hydrogen-bond acceptors (Lipinski definition) is 2. The van der Waals surface area contributed by atoms with Gasteiger partial charge in [0, 0.05) is 10.6 Å². The topological polar surface area (TPSA) is 12.5 Å². The SMILES string of the molecule is CCCCCC[C@@H]1O[C@]1(C)CSc1ccccc1. The molecule has 1 aromatic rings. The minimum Gasteiger partial charge on any atom is -0.365 e. The minimum atomic E-state index is 0.132. The Morgan fingerprint density at radius 1 is 1.17 bits per heavy atom. The van der Waals surface area contributed by atoms with Crippen LogP contribution in [0.25, 0.3) is 0 Å². The molecular formula is C16H24OS. The standard InChI is InChI=1S/C16H24OS/c1-3-4-5-9-12-15-16(2,17-15)13-18-14-10-7-6-8-11-14/h6-8,10-11,15H,3-5,9,12-13H2,1-2H3/t15-,16+/m0/s1. The van der Waals surface area contributed by atoms with E-state index in [4.69, 9.17) is 4.74 Å². The van der Waals surface area contributed by atoms with Gasteiger partial charge in [0.05, 0.1) is 6.10 Å². The van der Waals surface area contributed by atoms with E-state index in [0.29, 0.717) is 6.10 Å². The number of rotatable bonds is 8. The molecule has 1 heterocycles. The van der Waals surface area contributed by atoms with Crippen LogP contribution in [-0.4, -0.2) is 17.5 Å². The molecule has 0 bridgehead atoms. The molecule has 1 fully saturated rings. The molecule has 18 heavy (non-hydrogen) atoms. The molecule has 1 aromatic carbocycles. The van der Waals surface area contributed by atoms with E-state index in [1.807, 2.05) is 11.8 Å². The van der Waals surface area contributed by atoms with Crippen molar-refractivity contribution in [3.8, 4) is 0 Å². The Morgan fingerprint density at radius 2 is 1.94 bits per heavy atom. The molecule has 0 unspecified atom stereocenters. The molecule has 0 aromatic heterocycles. The van der Waals surface area contributed by atoms with Crippen LogP contribution >= 0.6 is 11.8 Å². The van der Waals surface area contributed by atoms with Gasteiger partial charge in [-0.15, -0.1) is 11.8 Å². The summed E-state index contributed by atoms with van der Waals surface area (Å²) in [7, 11) is 0. The first kappa shape index (κ1) is 14.0. The molecule has 1 saturated heterocycles. The summed E-state index contributed by atoms with van der Waals surface area (Å²) in [6.07, 6.45) is 7.11. The number of unbranched alkanes of at least 4 members (excludes halogenated alkanes) is 3. The molecular weight excluding hydrogens is 240 g/mol. The number of ether oxygens (including phenoxy) is 1. The molecule has 0 radical (unpaired) electrons. The summed E-state index contributed by atoms with van der Waals surface area (Å²) in [5.74, 6) is 1.08. The molecule has 0 N–H and O–H groups in total. The lowest BCUT2D eigenvalue weighted by atomic mass is 10.0. The zero-order valence-corrected chi connectivity index (χ0v) is 12.3. The second kappa shape index (κ2) is 6.63. The van der Waals surface area contributed by atoms with Gasteiger partial charge in [-0.2, -0.15) is 0 Å². The fourth-order valence-electron chi connectivity index (χ4n) is 2.28. The van der Waals surface area contributed by atoms with Gasteiger partial charge in [0.15, 0.2) is 0 Å². The van der Waals surface area contributed by atoms with Gasteiger partial charge >= 0.3 is 0 Å². The van der Waals surface area contributed by atoms with Gasteiger partial charge in [-0.25, -0.2) is 0 Å². The van der Waals surface area contributed by atoms with E-state index in [9.17, 15) is 0 Å². The molecule has 2 atom stereocenters. The maximum absolute atomic E-state index is 5.89. The first-order valence-electron chi connectivity index (χ1n) is 7.10. The summed E-state index contributed by atoms with van der Waals surface area (Å²) in [4.78, 5) is 1.35. The molecule has 1 aliphatic rings. The van der Waals surface area contributed by atoms with Gasteiger partial charge in [-0.05, 0) is 25.5 Å². The third-order valence-electron chi connectivity index (χ3n) is 3.62. The van der Waals surface area contributed by atoms with E-state index >= 15 is 0 Å². The van der Waals surface area contributed by atoms with Crippen molar-refractivity contribution in [2.24, 2.45) is 0 Å². The van der Waals surface area contributed by atoms with Crippen LogP contribution in [0.3, 0.4) is 0 Å². The van der Waals surface area contributed by atoms with Crippen LogP contribution in [-0.2, 0) is 4.74 Å². The van der Waals surface area contributed by atoms with Crippen molar-refractivity contribution in [3.63, 3.8) is 0 Å². The van der Waals surface area contributed by atoms with Gasteiger partial charge in [0.2, 0.25) is 0 Å². The summed E-state index contributed by atoms with van der Waals surface area (Å²) in [6, 6.07) is 10.6. The van der Waals surface area contributed by atoms with Crippen LogP contribution in [0, 0.1) is 0 Å². The van der Waals surface area contributed by atoms with Crippen LogP contribution in [0.1, 0.15) is 46.0 Å². The van der Waals surface area contributed by atoms with Crippen molar-refractivity contribution in [3.05, 3.63) is 30.3 Å². The highest BCUT2D eigenvalue weighted by Crippen LogP contribution is 2.43.